The van der Waals surface area contributed by atoms with Crippen LogP contribution in [0.15, 0.2) is 0 Å². The van der Waals surface area contributed by atoms with Crippen molar-refractivity contribution >= 4 is 28.4 Å². The summed E-state index contributed by atoms with van der Waals surface area (Å²) < 4.78 is 8.93. The average Bonchev–Trinajstić information content (AvgIpc) is 2.57. The molecule has 1 aromatic rings. The summed E-state index contributed by atoms with van der Waals surface area (Å²) in [4.78, 5) is 0. The van der Waals surface area contributed by atoms with Crippen molar-refractivity contribution in [3.05, 3.63) is 9.26 Å². The minimum Gasteiger partial charge on any atom is -0.383 e. The number of halogens is 1. The second kappa shape index (κ2) is 4.76. The Labute approximate surface area is 116 Å². The van der Waals surface area contributed by atoms with Gasteiger partial charge in [0.15, 0.2) is 0 Å². The highest BCUT2D eigenvalue weighted by atomic mass is 127. The Hall–Kier alpha value is -0.300. The number of anilines is 1. The Morgan fingerprint density at radius 3 is 2.88 bits per heavy atom. The predicted molar refractivity (Wildman–Crippen MR) is 77.0 cm³/mol. The van der Waals surface area contributed by atoms with Gasteiger partial charge in [-0.3, -0.25) is 0 Å². The van der Waals surface area contributed by atoms with Crippen LogP contribution in [-0.4, -0.2) is 22.0 Å². The predicted octanol–water partition coefficient (Wildman–Crippen LogP) is 2.90. The Bertz CT molecular complexity index is 418. The van der Waals surface area contributed by atoms with E-state index in [1.807, 2.05) is 11.6 Å². The lowest BCUT2D eigenvalue weighted by molar-refractivity contribution is -0.0851. The fourth-order valence-electron chi connectivity index (χ4n) is 2.38. The van der Waals surface area contributed by atoms with Gasteiger partial charge in [-0.1, -0.05) is 6.92 Å². The standard InChI is InChI=1S/C12H20IN3O/c1-4-12(3)7-9(5-6-17-12)16-11(14)10(13)8(2)15-16/h9H,4-7,14H2,1-3H3. The van der Waals surface area contributed by atoms with Gasteiger partial charge in [0.25, 0.3) is 0 Å². The van der Waals surface area contributed by atoms with Crippen LogP contribution in [0.1, 0.15) is 44.8 Å². The highest BCUT2D eigenvalue weighted by Crippen LogP contribution is 2.36. The van der Waals surface area contributed by atoms with Crippen molar-refractivity contribution in [1.82, 2.24) is 9.78 Å². The van der Waals surface area contributed by atoms with Crippen LogP contribution in [0.3, 0.4) is 0 Å². The van der Waals surface area contributed by atoms with E-state index in [0.717, 1.165) is 41.0 Å². The maximum absolute atomic E-state index is 6.12. The Morgan fingerprint density at radius 1 is 1.65 bits per heavy atom. The van der Waals surface area contributed by atoms with E-state index in [-0.39, 0.29) is 5.60 Å². The molecule has 0 radical (unpaired) electrons. The van der Waals surface area contributed by atoms with E-state index in [2.05, 4.69) is 41.5 Å². The van der Waals surface area contributed by atoms with Gasteiger partial charge < -0.3 is 10.5 Å². The molecular weight excluding hydrogens is 329 g/mol. The summed E-state index contributed by atoms with van der Waals surface area (Å²) in [5.41, 5.74) is 7.11. The van der Waals surface area contributed by atoms with Gasteiger partial charge in [0.05, 0.1) is 20.9 Å². The largest absolute Gasteiger partial charge is 0.383 e. The van der Waals surface area contributed by atoms with Crippen molar-refractivity contribution in [3.63, 3.8) is 0 Å². The smallest absolute Gasteiger partial charge is 0.135 e. The van der Waals surface area contributed by atoms with Crippen LogP contribution in [0, 0.1) is 10.5 Å². The first kappa shape index (κ1) is 13.1. The summed E-state index contributed by atoms with van der Waals surface area (Å²) in [6.45, 7) is 7.15. The third kappa shape index (κ3) is 2.45. The van der Waals surface area contributed by atoms with Crippen molar-refractivity contribution in [2.45, 2.75) is 51.7 Å². The lowest BCUT2D eigenvalue weighted by atomic mass is 9.90. The van der Waals surface area contributed by atoms with Crippen LogP contribution in [0.25, 0.3) is 0 Å². The number of nitrogens with two attached hydrogens (primary N) is 1. The van der Waals surface area contributed by atoms with Gasteiger partial charge in [0, 0.05) is 6.61 Å². The Kier molecular flexibility index (Phi) is 3.68. The van der Waals surface area contributed by atoms with Crippen LogP contribution in [0.4, 0.5) is 5.82 Å². The second-order valence-electron chi connectivity index (χ2n) is 5.03. The maximum atomic E-state index is 6.12. The number of hydrogen-bond acceptors (Lipinski definition) is 3. The zero-order chi connectivity index (χ0) is 12.6. The van der Waals surface area contributed by atoms with Crippen molar-refractivity contribution in [1.29, 1.82) is 0 Å². The third-order valence-electron chi connectivity index (χ3n) is 3.71. The summed E-state index contributed by atoms with van der Waals surface area (Å²) in [6, 6.07) is 0.371. The summed E-state index contributed by atoms with van der Waals surface area (Å²) in [5.74, 6) is 0.799. The lowest BCUT2D eigenvalue weighted by Gasteiger charge is -2.38. The molecule has 4 nitrogen and oxygen atoms in total. The fraction of sp³-hybridized carbons (Fsp3) is 0.750. The van der Waals surface area contributed by atoms with Gasteiger partial charge in [0.2, 0.25) is 0 Å². The first-order valence-corrected chi connectivity index (χ1v) is 7.19. The number of nitrogen functional groups attached to an aromatic ring is 1. The lowest BCUT2D eigenvalue weighted by Crippen LogP contribution is -2.37. The van der Waals surface area contributed by atoms with Gasteiger partial charge in [-0.25, -0.2) is 4.68 Å². The third-order valence-corrected chi connectivity index (χ3v) is 5.04. The van der Waals surface area contributed by atoms with E-state index >= 15 is 0 Å². The molecule has 1 saturated heterocycles. The minimum absolute atomic E-state index is 0.0271. The summed E-state index contributed by atoms with van der Waals surface area (Å²) in [7, 11) is 0. The summed E-state index contributed by atoms with van der Waals surface area (Å²) in [5, 5.41) is 4.56. The normalized spacial score (nSPS) is 29.5. The summed E-state index contributed by atoms with van der Waals surface area (Å²) >= 11 is 2.26. The van der Waals surface area contributed by atoms with Crippen LogP contribution in [0.5, 0.6) is 0 Å². The molecule has 2 rings (SSSR count). The quantitative estimate of drug-likeness (QED) is 0.836. The molecule has 0 saturated carbocycles. The Morgan fingerprint density at radius 2 is 2.35 bits per heavy atom. The van der Waals surface area contributed by atoms with Gasteiger partial charge in [-0.2, -0.15) is 5.10 Å². The van der Waals surface area contributed by atoms with E-state index in [1.165, 1.54) is 0 Å². The number of hydrogen-bond donors (Lipinski definition) is 1. The highest BCUT2D eigenvalue weighted by molar-refractivity contribution is 14.1. The molecule has 0 aliphatic carbocycles. The zero-order valence-electron chi connectivity index (χ0n) is 10.7. The monoisotopic (exact) mass is 349 g/mol. The molecule has 0 aromatic carbocycles. The number of rotatable bonds is 2. The van der Waals surface area contributed by atoms with Gasteiger partial charge in [0.1, 0.15) is 5.82 Å². The number of ether oxygens (including phenoxy) is 1. The Balaban J connectivity index is 2.25. The van der Waals surface area contributed by atoms with Crippen molar-refractivity contribution in [2.75, 3.05) is 12.3 Å². The van der Waals surface area contributed by atoms with E-state index in [0.29, 0.717) is 6.04 Å². The molecule has 5 heteroatoms. The molecule has 1 fully saturated rings. The molecular formula is C12H20IN3O. The summed E-state index contributed by atoms with van der Waals surface area (Å²) in [6.07, 6.45) is 3.02. The molecule has 2 unspecified atom stereocenters. The van der Waals surface area contributed by atoms with Crippen LogP contribution < -0.4 is 5.73 Å². The van der Waals surface area contributed by atoms with Gasteiger partial charge in [-0.15, -0.1) is 0 Å². The molecule has 2 atom stereocenters. The average molecular weight is 349 g/mol. The van der Waals surface area contributed by atoms with Crippen molar-refractivity contribution in [3.8, 4) is 0 Å². The molecule has 96 valence electrons. The number of aromatic nitrogens is 2. The molecule has 0 bridgehead atoms. The van der Waals surface area contributed by atoms with E-state index < -0.39 is 0 Å². The first-order valence-electron chi connectivity index (χ1n) is 6.11. The minimum atomic E-state index is -0.0271. The first-order chi connectivity index (χ1) is 7.97. The molecule has 1 aromatic heterocycles. The molecule has 1 aliphatic rings. The number of aryl methyl sites for hydroxylation is 1. The SMILES string of the molecule is CCC1(C)CC(n2nc(C)c(I)c2N)CCO1. The molecule has 1 aliphatic heterocycles. The molecule has 2 heterocycles. The molecule has 0 spiro atoms. The maximum Gasteiger partial charge on any atom is 0.135 e. The topological polar surface area (TPSA) is 53.1 Å². The van der Waals surface area contributed by atoms with Gasteiger partial charge >= 0.3 is 0 Å². The van der Waals surface area contributed by atoms with Crippen LogP contribution in [0.2, 0.25) is 0 Å². The zero-order valence-corrected chi connectivity index (χ0v) is 12.8. The van der Waals surface area contributed by atoms with Crippen LogP contribution >= 0.6 is 22.6 Å². The fourth-order valence-corrected chi connectivity index (χ4v) is 2.73. The second-order valence-corrected chi connectivity index (χ2v) is 6.11. The number of nitrogens with zero attached hydrogens (tertiary/aromatic N) is 2. The molecule has 17 heavy (non-hydrogen) atoms. The van der Waals surface area contributed by atoms with Crippen molar-refractivity contribution in [2.24, 2.45) is 0 Å². The van der Waals surface area contributed by atoms with Crippen LogP contribution in [-0.2, 0) is 4.74 Å². The van der Waals surface area contributed by atoms with E-state index in [1.54, 1.807) is 0 Å². The van der Waals surface area contributed by atoms with E-state index in [4.69, 9.17) is 10.5 Å². The van der Waals surface area contributed by atoms with Gasteiger partial charge in [-0.05, 0) is 55.7 Å². The highest BCUT2D eigenvalue weighted by Gasteiger charge is 2.34. The van der Waals surface area contributed by atoms with Crippen molar-refractivity contribution < 1.29 is 4.74 Å². The molecule has 0 amide bonds. The molecule has 2 N–H and O–H groups in total. The van der Waals surface area contributed by atoms with E-state index in [9.17, 15) is 0 Å².